The van der Waals surface area contributed by atoms with E-state index in [1.54, 1.807) is 11.4 Å². The number of thiophene rings is 1. The number of hydrogen-bond donors (Lipinski definition) is 2. The van der Waals surface area contributed by atoms with Gasteiger partial charge in [-0.15, -0.1) is 11.3 Å². The number of halogens is 1. The van der Waals surface area contributed by atoms with Gasteiger partial charge in [0.1, 0.15) is 4.88 Å². The van der Waals surface area contributed by atoms with Crippen molar-refractivity contribution in [2.24, 2.45) is 0 Å². The molecule has 0 saturated carbocycles. The first-order chi connectivity index (χ1) is 12.8. The smallest absolute Gasteiger partial charge is 0.348 e. The number of rotatable bonds is 5. The summed E-state index contributed by atoms with van der Waals surface area (Å²) >= 11 is 8.67. The van der Waals surface area contributed by atoms with Crippen molar-refractivity contribution in [3.63, 3.8) is 0 Å². The highest BCUT2D eigenvalue weighted by molar-refractivity contribution is 8.00. The molecule has 2 aromatic carbocycles. The van der Waals surface area contributed by atoms with Crippen LogP contribution in [-0.2, 0) is 5.41 Å². The molecule has 0 amide bonds. The first kappa shape index (κ1) is 19.8. The lowest BCUT2D eigenvalue weighted by Crippen LogP contribution is -2.11. The van der Waals surface area contributed by atoms with E-state index in [2.05, 4.69) is 43.7 Å². The maximum atomic E-state index is 11.3. The number of carboxylic acid groups (broad SMARTS) is 1. The van der Waals surface area contributed by atoms with Crippen LogP contribution < -0.4 is 4.72 Å². The highest BCUT2D eigenvalue weighted by Gasteiger charge is 2.18. The lowest BCUT2D eigenvalue weighted by molar-refractivity contribution is 0.0703. The van der Waals surface area contributed by atoms with Crippen LogP contribution in [0.15, 0.2) is 58.8 Å². The maximum Gasteiger partial charge on any atom is 0.348 e. The van der Waals surface area contributed by atoms with Gasteiger partial charge in [0.2, 0.25) is 0 Å². The number of benzene rings is 2. The number of nitrogens with one attached hydrogen (secondary N) is 1. The fourth-order valence-electron chi connectivity index (χ4n) is 2.61. The zero-order valence-electron chi connectivity index (χ0n) is 15.2. The molecule has 3 aromatic rings. The minimum Gasteiger partial charge on any atom is -0.477 e. The van der Waals surface area contributed by atoms with Crippen molar-refractivity contribution in [3.8, 4) is 11.1 Å². The van der Waals surface area contributed by atoms with E-state index in [0.717, 1.165) is 16.0 Å². The summed E-state index contributed by atoms with van der Waals surface area (Å²) in [5.41, 5.74) is 4.03. The van der Waals surface area contributed by atoms with Gasteiger partial charge >= 0.3 is 5.97 Å². The molecule has 0 unspecified atom stereocenters. The van der Waals surface area contributed by atoms with E-state index in [4.69, 9.17) is 11.6 Å². The van der Waals surface area contributed by atoms with Crippen LogP contribution in [0.5, 0.6) is 0 Å². The predicted molar refractivity (Wildman–Crippen MR) is 116 cm³/mol. The van der Waals surface area contributed by atoms with Gasteiger partial charge in [-0.25, -0.2) is 4.79 Å². The molecule has 27 heavy (non-hydrogen) atoms. The molecule has 0 fully saturated rings. The quantitative estimate of drug-likeness (QED) is 0.431. The third-order valence-electron chi connectivity index (χ3n) is 4.13. The third kappa shape index (κ3) is 4.67. The zero-order chi connectivity index (χ0) is 19.6. The predicted octanol–water partition coefficient (Wildman–Crippen LogP) is 7.18. The molecular formula is C21H20ClNO2S2. The first-order valence-corrected chi connectivity index (χ1v) is 10.5. The average Bonchev–Trinajstić information content (AvgIpc) is 3.08. The molecule has 0 atom stereocenters. The van der Waals surface area contributed by atoms with E-state index in [1.165, 1.54) is 28.8 Å². The van der Waals surface area contributed by atoms with Crippen molar-refractivity contribution in [2.75, 3.05) is 4.72 Å². The van der Waals surface area contributed by atoms with Gasteiger partial charge in [-0.05, 0) is 69.8 Å². The molecule has 0 aliphatic rings. The topological polar surface area (TPSA) is 49.3 Å². The lowest BCUT2D eigenvalue weighted by Gasteiger charge is -2.21. The van der Waals surface area contributed by atoms with Crippen LogP contribution in [0.1, 0.15) is 36.0 Å². The van der Waals surface area contributed by atoms with Gasteiger partial charge in [0.25, 0.3) is 0 Å². The molecule has 3 nitrogen and oxygen atoms in total. The summed E-state index contributed by atoms with van der Waals surface area (Å²) in [5, 5.41) is 11.8. The van der Waals surface area contributed by atoms with Crippen LogP contribution in [0.3, 0.4) is 0 Å². The van der Waals surface area contributed by atoms with Crippen LogP contribution in [0.25, 0.3) is 11.1 Å². The summed E-state index contributed by atoms with van der Waals surface area (Å²) in [6, 6.07) is 15.9. The Morgan fingerprint density at radius 1 is 1.11 bits per heavy atom. The van der Waals surface area contributed by atoms with E-state index < -0.39 is 5.97 Å². The van der Waals surface area contributed by atoms with Gasteiger partial charge in [-0.3, -0.25) is 0 Å². The van der Waals surface area contributed by atoms with Crippen LogP contribution in [0.2, 0.25) is 5.02 Å². The second-order valence-electron chi connectivity index (χ2n) is 7.14. The summed E-state index contributed by atoms with van der Waals surface area (Å²) < 4.78 is 3.19. The minimum atomic E-state index is -0.922. The largest absolute Gasteiger partial charge is 0.477 e. The first-order valence-electron chi connectivity index (χ1n) is 8.40. The summed E-state index contributed by atoms with van der Waals surface area (Å²) in [7, 11) is 0. The molecule has 0 saturated heterocycles. The number of carbonyl (C=O) groups is 1. The summed E-state index contributed by atoms with van der Waals surface area (Å²) in [6.07, 6.45) is 0. The van der Waals surface area contributed by atoms with E-state index in [-0.39, 0.29) is 5.41 Å². The molecule has 0 radical (unpaired) electrons. The van der Waals surface area contributed by atoms with Crippen molar-refractivity contribution < 1.29 is 9.90 Å². The Hall–Kier alpha value is -1.95. The van der Waals surface area contributed by atoms with Crippen molar-refractivity contribution in [3.05, 3.63) is 69.4 Å². The Morgan fingerprint density at radius 3 is 2.44 bits per heavy atom. The molecule has 140 valence electrons. The summed E-state index contributed by atoms with van der Waals surface area (Å²) in [6.45, 7) is 6.55. The van der Waals surface area contributed by atoms with Gasteiger partial charge in [-0.1, -0.05) is 50.6 Å². The van der Waals surface area contributed by atoms with Crippen molar-refractivity contribution in [1.82, 2.24) is 0 Å². The number of aromatic carboxylic acids is 1. The second-order valence-corrected chi connectivity index (χ2v) is 9.34. The molecule has 0 aliphatic carbocycles. The molecule has 2 N–H and O–H groups in total. The maximum absolute atomic E-state index is 11.3. The Balaban J connectivity index is 1.97. The van der Waals surface area contributed by atoms with Gasteiger partial charge < -0.3 is 9.83 Å². The Labute approximate surface area is 172 Å². The third-order valence-corrected chi connectivity index (χ3v) is 6.18. The summed E-state index contributed by atoms with van der Waals surface area (Å²) in [4.78, 5) is 12.6. The molecule has 1 aromatic heterocycles. The highest BCUT2D eigenvalue weighted by atomic mass is 35.5. The fourth-order valence-corrected chi connectivity index (χ4v) is 4.30. The Bertz CT molecular complexity index is 959. The van der Waals surface area contributed by atoms with E-state index >= 15 is 0 Å². The molecular weight excluding hydrogens is 398 g/mol. The number of carboxylic acids is 1. The second kappa shape index (κ2) is 7.97. The van der Waals surface area contributed by atoms with Gasteiger partial charge in [-0.2, -0.15) is 0 Å². The van der Waals surface area contributed by atoms with Gasteiger partial charge in [0, 0.05) is 9.92 Å². The van der Waals surface area contributed by atoms with Crippen LogP contribution in [0.4, 0.5) is 5.69 Å². The average molecular weight is 418 g/mol. The van der Waals surface area contributed by atoms with Gasteiger partial charge in [0.15, 0.2) is 0 Å². The summed E-state index contributed by atoms with van der Waals surface area (Å²) in [5.74, 6) is -0.922. The molecule has 3 rings (SSSR count). The van der Waals surface area contributed by atoms with Crippen LogP contribution >= 0.6 is 34.9 Å². The minimum absolute atomic E-state index is 0.0294. The van der Waals surface area contributed by atoms with Crippen molar-refractivity contribution in [1.29, 1.82) is 0 Å². The number of anilines is 1. The van der Waals surface area contributed by atoms with Crippen molar-refractivity contribution >= 4 is 46.5 Å². The number of hydrogen-bond acceptors (Lipinski definition) is 4. The lowest BCUT2D eigenvalue weighted by atomic mass is 9.85. The van der Waals surface area contributed by atoms with Crippen LogP contribution in [-0.4, -0.2) is 11.1 Å². The molecule has 0 spiro atoms. The molecule has 0 aliphatic heterocycles. The van der Waals surface area contributed by atoms with Crippen molar-refractivity contribution in [2.45, 2.75) is 31.1 Å². The zero-order valence-corrected chi connectivity index (χ0v) is 17.6. The normalized spacial score (nSPS) is 11.4. The molecule has 0 bridgehead atoms. The Kier molecular flexibility index (Phi) is 5.84. The monoisotopic (exact) mass is 417 g/mol. The van der Waals surface area contributed by atoms with E-state index in [0.29, 0.717) is 15.6 Å². The Morgan fingerprint density at radius 2 is 1.81 bits per heavy atom. The SMILES string of the molecule is CC(C)(C)c1ccc(SNc2ccsc2C(=O)O)c(-c2ccc(Cl)cc2)c1. The van der Waals surface area contributed by atoms with E-state index in [1.807, 2.05) is 24.3 Å². The van der Waals surface area contributed by atoms with Gasteiger partial charge in [0.05, 0.1) is 5.69 Å². The molecule has 6 heteroatoms. The fraction of sp³-hybridized carbons (Fsp3) is 0.190. The standard InChI is InChI=1S/C21H20ClNO2S2/c1-21(2,3)14-6-9-18(16(12-14)13-4-7-15(22)8-5-13)27-23-17-10-11-26-19(17)20(24)25/h4-12,23H,1-3H3,(H,24,25). The van der Waals surface area contributed by atoms with Crippen LogP contribution in [0, 0.1) is 0 Å². The van der Waals surface area contributed by atoms with E-state index in [9.17, 15) is 9.90 Å². The highest BCUT2D eigenvalue weighted by Crippen LogP contribution is 2.37. The molecule has 1 heterocycles.